The van der Waals surface area contributed by atoms with Crippen molar-refractivity contribution in [1.29, 1.82) is 0 Å². The summed E-state index contributed by atoms with van der Waals surface area (Å²) in [6, 6.07) is 0. The van der Waals surface area contributed by atoms with Gasteiger partial charge in [0.25, 0.3) is 0 Å². The second-order valence-corrected chi connectivity index (χ2v) is 5.25. The summed E-state index contributed by atoms with van der Waals surface area (Å²) < 4.78 is 1.59. The molecule has 3 N–H and O–H groups in total. The van der Waals surface area contributed by atoms with Crippen LogP contribution in [0.3, 0.4) is 0 Å². The van der Waals surface area contributed by atoms with Gasteiger partial charge in [-0.2, -0.15) is 5.10 Å². The van der Waals surface area contributed by atoms with E-state index in [-0.39, 0.29) is 11.7 Å². The Morgan fingerprint density at radius 1 is 1.58 bits per heavy atom. The number of nitrogens with zero attached hydrogens (tertiary/aromatic N) is 2. The fourth-order valence-corrected chi connectivity index (χ4v) is 2.69. The first-order chi connectivity index (χ1) is 9.08. The van der Waals surface area contributed by atoms with Gasteiger partial charge in [-0.15, -0.1) is 0 Å². The largest absolute Gasteiger partial charge is 0.478 e. The molecule has 1 aliphatic carbocycles. The Balaban J connectivity index is 1.85. The van der Waals surface area contributed by atoms with Crippen molar-refractivity contribution in [1.82, 2.24) is 15.1 Å². The fraction of sp³-hybridized carbons (Fsp3) is 0.692. The molecule has 0 aromatic carbocycles. The highest BCUT2D eigenvalue weighted by Crippen LogP contribution is 2.23. The predicted octanol–water partition coefficient (Wildman–Crippen LogP) is 0.759. The number of carboxylic acid groups (broad SMARTS) is 1. The minimum Gasteiger partial charge on any atom is -0.478 e. The van der Waals surface area contributed by atoms with Crippen LogP contribution < -0.4 is 5.32 Å². The number of aromatic carboxylic acids is 1. The first-order valence-corrected chi connectivity index (χ1v) is 6.71. The van der Waals surface area contributed by atoms with Crippen LogP contribution in [-0.4, -0.2) is 38.6 Å². The van der Waals surface area contributed by atoms with Crippen LogP contribution in [-0.2, 0) is 13.6 Å². The van der Waals surface area contributed by atoms with Crippen molar-refractivity contribution >= 4 is 5.97 Å². The van der Waals surface area contributed by atoms with Gasteiger partial charge in [-0.05, 0) is 31.7 Å². The van der Waals surface area contributed by atoms with E-state index >= 15 is 0 Å². The van der Waals surface area contributed by atoms with Crippen LogP contribution in [0.4, 0.5) is 0 Å². The van der Waals surface area contributed by atoms with Crippen molar-refractivity contribution in [3.05, 3.63) is 17.5 Å². The van der Waals surface area contributed by atoms with Crippen molar-refractivity contribution in [3.63, 3.8) is 0 Å². The van der Waals surface area contributed by atoms with E-state index in [1.54, 1.807) is 11.7 Å². The number of rotatable bonds is 5. The van der Waals surface area contributed by atoms with Gasteiger partial charge < -0.3 is 15.5 Å². The minimum absolute atomic E-state index is 0.174. The number of carbonyl (C=O) groups is 1. The Hall–Kier alpha value is -1.40. The molecule has 1 aliphatic rings. The van der Waals surface area contributed by atoms with Crippen molar-refractivity contribution in [3.8, 4) is 0 Å². The van der Waals surface area contributed by atoms with Crippen LogP contribution in [0.5, 0.6) is 0 Å². The van der Waals surface area contributed by atoms with E-state index in [1.807, 2.05) is 0 Å². The Labute approximate surface area is 112 Å². The van der Waals surface area contributed by atoms with E-state index in [1.165, 1.54) is 6.20 Å². The molecule has 1 aromatic heterocycles. The van der Waals surface area contributed by atoms with E-state index < -0.39 is 5.97 Å². The third-order valence-electron chi connectivity index (χ3n) is 3.77. The maximum absolute atomic E-state index is 11.0. The van der Waals surface area contributed by atoms with Gasteiger partial charge in [0.2, 0.25) is 0 Å². The van der Waals surface area contributed by atoms with Gasteiger partial charge >= 0.3 is 5.97 Å². The second kappa shape index (κ2) is 6.16. The number of hydrogen-bond donors (Lipinski definition) is 3. The highest BCUT2D eigenvalue weighted by Gasteiger charge is 2.20. The Morgan fingerprint density at radius 2 is 2.37 bits per heavy atom. The summed E-state index contributed by atoms with van der Waals surface area (Å²) in [4.78, 5) is 11.0. The highest BCUT2D eigenvalue weighted by atomic mass is 16.4. The Kier molecular flexibility index (Phi) is 4.55. The van der Waals surface area contributed by atoms with Gasteiger partial charge in [-0.1, -0.05) is 6.42 Å². The molecule has 19 heavy (non-hydrogen) atoms. The van der Waals surface area contributed by atoms with Gasteiger partial charge in [0.1, 0.15) is 5.56 Å². The van der Waals surface area contributed by atoms with Gasteiger partial charge in [0.15, 0.2) is 0 Å². The zero-order valence-electron chi connectivity index (χ0n) is 11.2. The van der Waals surface area contributed by atoms with E-state index in [0.717, 1.165) is 32.2 Å². The Bertz CT molecular complexity index is 444. The molecule has 0 aliphatic heterocycles. The van der Waals surface area contributed by atoms with Crippen LogP contribution >= 0.6 is 0 Å². The van der Waals surface area contributed by atoms with Crippen LogP contribution in [0.15, 0.2) is 6.20 Å². The summed E-state index contributed by atoms with van der Waals surface area (Å²) in [6.07, 6.45) is 5.14. The first kappa shape index (κ1) is 14.0. The van der Waals surface area contributed by atoms with E-state index in [0.29, 0.717) is 18.2 Å². The lowest BCUT2D eigenvalue weighted by atomic mass is 9.87. The molecule has 0 spiro atoms. The van der Waals surface area contributed by atoms with Crippen LogP contribution in [0.2, 0.25) is 0 Å². The van der Waals surface area contributed by atoms with E-state index in [9.17, 15) is 9.90 Å². The quantitative estimate of drug-likeness (QED) is 0.733. The Morgan fingerprint density at radius 3 is 3.05 bits per heavy atom. The summed E-state index contributed by atoms with van der Waals surface area (Å²) in [6.45, 7) is 1.30. The number of aromatic nitrogens is 2. The molecule has 2 atom stereocenters. The highest BCUT2D eigenvalue weighted by molar-refractivity contribution is 5.88. The lowest BCUT2D eigenvalue weighted by molar-refractivity contribution is 0.0695. The van der Waals surface area contributed by atoms with E-state index in [2.05, 4.69) is 10.4 Å². The third kappa shape index (κ3) is 3.54. The standard InChI is InChI=1S/C13H21N3O3/c1-16-12(11(7-15-16)13(18)19)8-14-6-9-3-2-4-10(17)5-9/h7,9-10,14,17H,2-6,8H2,1H3,(H,18,19). The molecule has 6 heteroatoms. The maximum Gasteiger partial charge on any atom is 0.339 e. The number of hydrogen-bond acceptors (Lipinski definition) is 4. The minimum atomic E-state index is -0.946. The molecule has 106 valence electrons. The first-order valence-electron chi connectivity index (χ1n) is 6.71. The molecule has 1 saturated carbocycles. The molecule has 6 nitrogen and oxygen atoms in total. The normalized spacial score (nSPS) is 23.5. The molecule has 2 rings (SSSR count). The van der Waals surface area contributed by atoms with Crippen molar-refractivity contribution in [2.75, 3.05) is 6.54 Å². The summed E-state index contributed by atoms with van der Waals surface area (Å²) in [7, 11) is 1.74. The average molecular weight is 267 g/mol. The van der Waals surface area contributed by atoms with Gasteiger partial charge in [0, 0.05) is 13.6 Å². The zero-order chi connectivity index (χ0) is 13.8. The van der Waals surface area contributed by atoms with Crippen molar-refractivity contribution < 1.29 is 15.0 Å². The SMILES string of the molecule is Cn1ncc(C(=O)O)c1CNCC1CCCC(O)C1. The van der Waals surface area contributed by atoms with Gasteiger partial charge in [-0.25, -0.2) is 4.79 Å². The summed E-state index contributed by atoms with van der Waals surface area (Å²) in [5.74, 6) is -0.469. The monoisotopic (exact) mass is 267 g/mol. The lowest BCUT2D eigenvalue weighted by Gasteiger charge is -2.26. The zero-order valence-corrected chi connectivity index (χ0v) is 11.2. The molecule has 0 amide bonds. The van der Waals surface area contributed by atoms with Crippen molar-refractivity contribution in [2.45, 2.75) is 38.3 Å². The van der Waals surface area contributed by atoms with Gasteiger partial charge in [0.05, 0.1) is 18.0 Å². The number of carboxylic acids is 1. The van der Waals surface area contributed by atoms with Gasteiger partial charge in [-0.3, -0.25) is 4.68 Å². The summed E-state index contributed by atoms with van der Waals surface area (Å²) in [5, 5.41) is 25.9. The second-order valence-electron chi connectivity index (χ2n) is 5.25. The fourth-order valence-electron chi connectivity index (χ4n) is 2.69. The number of nitrogens with one attached hydrogen (secondary N) is 1. The van der Waals surface area contributed by atoms with Crippen LogP contribution in [0.25, 0.3) is 0 Å². The van der Waals surface area contributed by atoms with Crippen molar-refractivity contribution in [2.24, 2.45) is 13.0 Å². The van der Waals surface area contributed by atoms with Crippen LogP contribution in [0.1, 0.15) is 41.7 Å². The molecule has 0 radical (unpaired) electrons. The maximum atomic E-state index is 11.0. The molecule has 2 unspecified atom stereocenters. The smallest absolute Gasteiger partial charge is 0.339 e. The molecular formula is C13H21N3O3. The molecule has 1 heterocycles. The average Bonchev–Trinajstić information content (AvgIpc) is 2.71. The lowest BCUT2D eigenvalue weighted by Crippen LogP contribution is -2.29. The summed E-state index contributed by atoms with van der Waals surface area (Å²) in [5.41, 5.74) is 0.933. The molecule has 0 saturated heterocycles. The third-order valence-corrected chi connectivity index (χ3v) is 3.77. The number of aliphatic hydroxyl groups excluding tert-OH is 1. The number of aliphatic hydroxyl groups is 1. The topological polar surface area (TPSA) is 87.4 Å². The number of aryl methyl sites for hydroxylation is 1. The molecule has 1 fully saturated rings. The molecule has 0 bridgehead atoms. The predicted molar refractivity (Wildman–Crippen MR) is 69.8 cm³/mol. The summed E-state index contributed by atoms with van der Waals surface area (Å²) >= 11 is 0. The molecular weight excluding hydrogens is 246 g/mol. The molecule has 1 aromatic rings. The van der Waals surface area contributed by atoms with E-state index in [4.69, 9.17) is 5.11 Å². The van der Waals surface area contributed by atoms with Crippen LogP contribution in [0, 0.1) is 5.92 Å².